The van der Waals surface area contributed by atoms with Crippen LogP contribution in [0.4, 0.5) is 0 Å². The zero-order valence-electron chi connectivity index (χ0n) is 18.2. The van der Waals surface area contributed by atoms with E-state index < -0.39 is 24.4 Å². The van der Waals surface area contributed by atoms with Gasteiger partial charge in [0.15, 0.2) is 6.61 Å². The van der Waals surface area contributed by atoms with E-state index in [-0.39, 0.29) is 18.7 Å². The molecule has 0 spiro atoms. The van der Waals surface area contributed by atoms with Crippen LogP contribution in [0, 0.1) is 20.8 Å². The number of carbonyl (C=O) groups is 4. The van der Waals surface area contributed by atoms with E-state index in [2.05, 4.69) is 0 Å². The maximum absolute atomic E-state index is 12.5. The van der Waals surface area contributed by atoms with Gasteiger partial charge in [0.05, 0.1) is 24.2 Å². The summed E-state index contributed by atoms with van der Waals surface area (Å²) in [6, 6.07) is 6.81. The van der Waals surface area contributed by atoms with Crippen molar-refractivity contribution >= 4 is 23.6 Å². The van der Waals surface area contributed by atoms with E-state index in [4.69, 9.17) is 9.47 Å². The van der Waals surface area contributed by atoms with Gasteiger partial charge in [0.1, 0.15) is 0 Å². The first-order chi connectivity index (χ1) is 14.7. The summed E-state index contributed by atoms with van der Waals surface area (Å²) >= 11 is 0. The molecule has 0 atom stereocenters. The molecule has 8 nitrogen and oxygen atoms in total. The topological polar surface area (TPSA) is 94.9 Å². The molecule has 0 saturated carbocycles. The van der Waals surface area contributed by atoms with Crippen molar-refractivity contribution in [2.24, 2.45) is 0 Å². The number of hydrogen-bond acceptors (Lipinski definition) is 6. The summed E-state index contributed by atoms with van der Waals surface area (Å²) < 4.78 is 12.2. The average molecular weight is 426 g/mol. The van der Waals surface area contributed by atoms with Gasteiger partial charge < -0.3 is 14.0 Å². The smallest absolute Gasteiger partial charge is 0.308 e. The maximum Gasteiger partial charge on any atom is 0.308 e. The van der Waals surface area contributed by atoms with Crippen LogP contribution in [-0.2, 0) is 20.8 Å². The van der Waals surface area contributed by atoms with Crippen molar-refractivity contribution in [1.82, 2.24) is 9.47 Å². The highest BCUT2D eigenvalue weighted by Crippen LogP contribution is 2.24. The molecule has 0 saturated heterocycles. The minimum absolute atomic E-state index is 0.0933. The average Bonchev–Trinajstić information content (AvgIpc) is 3.15. The summed E-state index contributed by atoms with van der Waals surface area (Å²) in [6.07, 6.45) is -0.176. The molecule has 31 heavy (non-hydrogen) atoms. The molecule has 1 aliphatic rings. The number of methoxy groups -OCH3 is 1. The summed E-state index contributed by atoms with van der Waals surface area (Å²) in [6.45, 7) is 6.23. The minimum Gasteiger partial charge on any atom is -0.457 e. The number of ether oxygens (including phenoxy) is 2. The monoisotopic (exact) mass is 426 g/mol. The highest BCUT2D eigenvalue weighted by Gasteiger charge is 2.35. The first-order valence-corrected chi connectivity index (χ1v) is 10.1. The second-order valence-corrected chi connectivity index (χ2v) is 7.57. The summed E-state index contributed by atoms with van der Waals surface area (Å²) in [5, 5.41) is 0. The number of aryl methyl sites for hydroxylation is 2. The molecule has 1 aromatic carbocycles. The third-order valence-corrected chi connectivity index (χ3v) is 5.42. The number of imide groups is 1. The second-order valence-electron chi connectivity index (χ2n) is 7.57. The van der Waals surface area contributed by atoms with Crippen LogP contribution in [0.1, 0.15) is 54.4 Å². The van der Waals surface area contributed by atoms with Crippen LogP contribution in [0.3, 0.4) is 0 Å². The second kappa shape index (κ2) is 9.26. The van der Waals surface area contributed by atoms with Gasteiger partial charge in [-0.3, -0.25) is 24.1 Å². The van der Waals surface area contributed by atoms with Crippen LogP contribution >= 0.6 is 0 Å². The van der Waals surface area contributed by atoms with Crippen LogP contribution in [0.2, 0.25) is 0 Å². The standard InChI is InChI=1S/C23H26N2O6/c1-14-5-6-17-19(11-14)23(29)25(22(17)28)8-7-21(27)31-13-20(26)18-12-15(2)24(16(18)3)9-10-30-4/h5-6,11-12H,7-10,13H2,1-4H3. The molecule has 0 radical (unpaired) electrons. The van der Waals surface area contributed by atoms with Crippen LogP contribution < -0.4 is 0 Å². The van der Waals surface area contributed by atoms with Gasteiger partial charge in [0.25, 0.3) is 11.8 Å². The molecule has 0 N–H and O–H groups in total. The Balaban J connectivity index is 1.54. The lowest BCUT2D eigenvalue weighted by Crippen LogP contribution is -2.32. The molecule has 3 rings (SSSR count). The highest BCUT2D eigenvalue weighted by atomic mass is 16.5. The molecule has 164 valence electrons. The van der Waals surface area contributed by atoms with Crippen molar-refractivity contribution in [1.29, 1.82) is 0 Å². The SMILES string of the molecule is COCCn1c(C)cc(C(=O)COC(=O)CCN2C(=O)c3ccc(C)cc3C2=O)c1C. The number of aromatic nitrogens is 1. The molecule has 1 aromatic heterocycles. The zero-order chi connectivity index (χ0) is 22.7. The number of esters is 1. The molecular weight excluding hydrogens is 400 g/mol. The number of rotatable bonds is 9. The van der Waals surface area contributed by atoms with Gasteiger partial charge in [-0.15, -0.1) is 0 Å². The zero-order valence-corrected chi connectivity index (χ0v) is 18.2. The van der Waals surface area contributed by atoms with E-state index in [0.717, 1.165) is 21.9 Å². The Bertz CT molecular complexity index is 1050. The molecule has 0 unspecified atom stereocenters. The summed E-state index contributed by atoms with van der Waals surface area (Å²) in [4.78, 5) is 50.6. The van der Waals surface area contributed by atoms with Crippen molar-refractivity contribution < 1.29 is 28.7 Å². The lowest BCUT2D eigenvalue weighted by molar-refractivity contribution is -0.142. The fourth-order valence-electron chi connectivity index (χ4n) is 3.72. The highest BCUT2D eigenvalue weighted by molar-refractivity contribution is 6.21. The van der Waals surface area contributed by atoms with E-state index in [1.807, 2.05) is 25.3 Å². The maximum atomic E-state index is 12.5. The minimum atomic E-state index is -0.644. The lowest BCUT2D eigenvalue weighted by Gasteiger charge is -2.13. The number of fused-ring (bicyclic) bond motifs is 1. The summed E-state index contributed by atoms with van der Waals surface area (Å²) in [5.41, 5.74) is 3.76. The van der Waals surface area contributed by atoms with Crippen molar-refractivity contribution in [3.8, 4) is 0 Å². The molecular formula is C23H26N2O6. The van der Waals surface area contributed by atoms with Gasteiger partial charge in [0, 0.05) is 37.2 Å². The predicted molar refractivity (Wildman–Crippen MR) is 112 cm³/mol. The van der Waals surface area contributed by atoms with Gasteiger partial charge in [-0.05, 0) is 39.0 Å². The number of ketones is 1. The van der Waals surface area contributed by atoms with Crippen molar-refractivity contribution in [2.45, 2.75) is 33.7 Å². The van der Waals surface area contributed by atoms with E-state index in [9.17, 15) is 19.2 Å². The Labute approximate surface area is 180 Å². The predicted octanol–water partition coefficient (Wildman–Crippen LogP) is 2.47. The molecule has 2 aromatic rings. The Morgan fingerprint density at radius 2 is 1.68 bits per heavy atom. The fraction of sp³-hybridized carbons (Fsp3) is 0.391. The molecule has 8 heteroatoms. The Hall–Kier alpha value is -3.26. The number of carbonyl (C=O) groups excluding carboxylic acids is 4. The number of hydrogen-bond donors (Lipinski definition) is 0. The van der Waals surface area contributed by atoms with Gasteiger partial charge in [-0.2, -0.15) is 0 Å². The van der Waals surface area contributed by atoms with Gasteiger partial charge in [-0.1, -0.05) is 11.6 Å². The molecule has 1 aliphatic heterocycles. The first kappa shape index (κ1) is 22.4. The largest absolute Gasteiger partial charge is 0.457 e. The Morgan fingerprint density at radius 3 is 2.39 bits per heavy atom. The van der Waals surface area contributed by atoms with Crippen molar-refractivity contribution in [2.75, 3.05) is 26.9 Å². The van der Waals surface area contributed by atoms with Crippen LogP contribution in [-0.4, -0.2) is 59.9 Å². The van der Waals surface area contributed by atoms with E-state index in [1.165, 1.54) is 0 Å². The van der Waals surface area contributed by atoms with Gasteiger partial charge in [0.2, 0.25) is 5.78 Å². The normalized spacial score (nSPS) is 13.0. The lowest BCUT2D eigenvalue weighted by atomic mass is 10.1. The fourth-order valence-corrected chi connectivity index (χ4v) is 3.72. The van der Waals surface area contributed by atoms with Crippen LogP contribution in [0.15, 0.2) is 24.3 Å². The summed E-state index contributed by atoms with van der Waals surface area (Å²) in [5.74, 6) is -1.79. The molecule has 2 heterocycles. The molecule has 0 fully saturated rings. The van der Waals surface area contributed by atoms with E-state index in [1.54, 1.807) is 31.4 Å². The molecule has 2 amide bonds. The van der Waals surface area contributed by atoms with Crippen molar-refractivity contribution in [3.63, 3.8) is 0 Å². The Morgan fingerprint density at radius 1 is 0.968 bits per heavy atom. The van der Waals surface area contributed by atoms with E-state index in [0.29, 0.717) is 29.8 Å². The van der Waals surface area contributed by atoms with Crippen LogP contribution in [0.5, 0.6) is 0 Å². The van der Waals surface area contributed by atoms with Gasteiger partial charge in [-0.25, -0.2) is 0 Å². The number of benzene rings is 1. The van der Waals surface area contributed by atoms with E-state index >= 15 is 0 Å². The van der Waals surface area contributed by atoms with Crippen LogP contribution in [0.25, 0.3) is 0 Å². The van der Waals surface area contributed by atoms with Gasteiger partial charge >= 0.3 is 5.97 Å². The third-order valence-electron chi connectivity index (χ3n) is 5.42. The first-order valence-electron chi connectivity index (χ1n) is 10.1. The summed E-state index contributed by atoms with van der Waals surface area (Å²) in [7, 11) is 1.61. The number of nitrogens with zero attached hydrogens (tertiary/aromatic N) is 2. The van der Waals surface area contributed by atoms with Crippen molar-refractivity contribution in [3.05, 3.63) is 57.9 Å². The number of Topliss-reactive ketones (excluding diaryl/α,β-unsaturated/α-hetero) is 1. The molecule has 0 bridgehead atoms. The Kier molecular flexibility index (Phi) is 6.70. The number of amides is 2. The third kappa shape index (κ3) is 4.59. The quantitative estimate of drug-likeness (QED) is 0.347. The molecule has 0 aliphatic carbocycles.